The molecular weight excluding hydrogens is 402 g/mol. The highest BCUT2D eigenvalue weighted by Gasteiger charge is 2.23. The van der Waals surface area contributed by atoms with Gasteiger partial charge in [-0.1, -0.05) is 18.5 Å². The number of hydrogen-bond donors (Lipinski definition) is 1. The minimum atomic E-state index is -0.136. The van der Waals surface area contributed by atoms with E-state index >= 15 is 0 Å². The summed E-state index contributed by atoms with van der Waals surface area (Å²) in [5, 5.41) is 12.2. The highest BCUT2D eigenvalue weighted by atomic mass is 35.5. The van der Waals surface area contributed by atoms with E-state index in [1.54, 1.807) is 48.7 Å². The summed E-state index contributed by atoms with van der Waals surface area (Å²) in [7, 11) is 1.80. The van der Waals surface area contributed by atoms with Crippen molar-refractivity contribution in [2.45, 2.75) is 19.4 Å². The molecule has 1 amide bonds. The molecule has 1 unspecified atom stereocenters. The van der Waals surface area contributed by atoms with E-state index in [-0.39, 0.29) is 11.9 Å². The minimum Gasteiger partial charge on any atom is -0.382 e. The van der Waals surface area contributed by atoms with Crippen molar-refractivity contribution < 1.29 is 4.79 Å². The first kappa shape index (κ1) is 19.9. The Labute approximate surface area is 179 Å². The van der Waals surface area contributed by atoms with Gasteiger partial charge in [0, 0.05) is 43.2 Å². The van der Waals surface area contributed by atoms with Gasteiger partial charge in [0.1, 0.15) is 5.65 Å². The number of imidazole rings is 1. The van der Waals surface area contributed by atoms with Gasteiger partial charge in [-0.2, -0.15) is 15.0 Å². The molecule has 3 heterocycles. The van der Waals surface area contributed by atoms with Crippen LogP contribution in [0.2, 0.25) is 5.02 Å². The lowest BCUT2D eigenvalue weighted by atomic mass is 10.1. The van der Waals surface area contributed by atoms with Gasteiger partial charge in [-0.15, -0.1) is 0 Å². The zero-order valence-electron chi connectivity index (χ0n) is 16.7. The van der Waals surface area contributed by atoms with E-state index in [4.69, 9.17) is 11.6 Å². The number of hydrogen-bond acceptors (Lipinski definition) is 5. The molecule has 9 heteroatoms. The first-order valence-corrected chi connectivity index (χ1v) is 10.0. The number of carbonyl (C=O) groups excluding carboxylic acids is 1. The normalized spacial score (nSPS) is 12.1. The van der Waals surface area contributed by atoms with Crippen LogP contribution in [0.1, 0.15) is 23.7 Å². The minimum absolute atomic E-state index is 0.0200. The summed E-state index contributed by atoms with van der Waals surface area (Å²) >= 11 is 6.18. The van der Waals surface area contributed by atoms with Crippen LogP contribution in [0.25, 0.3) is 11.3 Å². The van der Waals surface area contributed by atoms with Crippen molar-refractivity contribution >= 4 is 28.8 Å². The molecule has 0 spiro atoms. The van der Waals surface area contributed by atoms with Crippen LogP contribution in [0.5, 0.6) is 0 Å². The zero-order valence-corrected chi connectivity index (χ0v) is 17.5. The highest BCUT2D eigenvalue weighted by Crippen LogP contribution is 2.21. The van der Waals surface area contributed by atoms with Gasteiger partial charge in [-0.25, -0.2) is 4.98 Å². The summed E-state index contributed by atoms with van der Waals surface area (Å²) in [5.74, 6) is -0.136. The molecule has 0 saturated heterocycles. The Morgan fingerprint density at radius 2 is 2.00 bits per heavy atom. The summed E-state index contributed by atoms with van der Waals surface area (Å²) in [6.07, 6.45) is 9.58. The summed E-state index contributed by atoms with van der Waals surface area (Å²) in [4.78, 5) is 20.7. The number of anilines is 1. The maximum absolute atomic E-state index is 13.3. The molecule has 1 N–H and O–H groups in total. The second-order valence-corrected chi connectivity index (χ2v) is 7.39. The summed E-state index contributed by atoms with van der Waals surface area (Å²) in [6.45, 7) is 2.66. The monoisotopic (exact) mass is 423 g/mol. The Bertz CT molecular complexity index is 1160. The first-order chi connectivity index (χ1) is 14.6. The van der Waals surface area contributed by atoms with Gasteiger partial charge in [-0.3, -0.25) is 4.79 Å². The lowest BCUT2D eigenvalue weighted by molar-refractivity contribution is 0.0735. The fraction of sp³-hybridized carbons (Fsp3) is 0.238. The van der Waals surface area contributed by atoms with E-state index < -0.39 is 0 Å². The number of nitrogens with zero attached hydrogens (tertiary/aromatic N) is 6. The van der Waals surface area contributed by atoms with Crippen LogP contribution in [0.3, 0.4) is 0 Å². The molecule has 0 radical (unpaired) electrons. The van der Waals surface area contributed by atoms with E-state index in [9.17, 15) is 4.79 Å². The van der Waals surface area contributed by atoms with E-state index in [2.05, 4.69) is 27.4 Å². The number of benzene rings is 1. The van der Waals surface area contributed by atoms with Crippen molar-refractivity contribution in [2.24, 2.45) is 0 Å². The fourth-order valence-corrected chi connectivity index (χ4v) is 3.54. The quantitative estimate of drug-likeness (QED) is 0.491. The van der Waals surface area contributed by atoms with Crippen LogP contribution in [-0.4, -0.2) is 54.8 Å². The fourth-order valence-electron chi connectivity index (χ4n) is 3.37. The van der Waals surface area contributed by atoms with E-state index in [0.717, 1.165) is 17.8 Å². The number of amides is 1. The predicted octanol–water partition coefficient (Wildman–Crippen LogP) is 3.53. The largest absolute Gasteiger partial charge is 0.382 e. The van der Waals surface area contributed by atoms with Gasteiger partial charge < -0.3 is 14.6 Å². The molecule has 30 heavy (non-hydrogen) atoms. The Balaban J connectivity index is 1.52. The second-order valence-electron chi connectivity index (χ2n) is 6.95. The molecule has 8 nitrogen and oxygen atoms in total. The Hall–Kier alpha value is -3.39. The molecule has 1 aromatic carbocycles. The third kappa shape index (κ3) is 3.99. The summed E-state index contributed by atoms with van der Waals surface area (Å²) in [6, 6.07) is 9.05. The maximum Gasteiger partial charge on any atom is 0.256 e. The van der Waals surface area contributed by atoms with E-state index in [1.165, 1.54) is 4.80 Å². The molecule has 1 atom stereocenters. The molecule has 0 aliphatic rings. The van der Waals surface area contributed by atoms with Crippen molar-refractivity contribution in [3.63, 3.8) is 0 Å². The van der Waals surface area contributed by atoms with Gasteiger partial charge in [0.2, 0.25) is 0 Å². The number of rotatable bonds is 7. The number of pyridine rings is 1. The Kier molecular flexibility index (Phi) is 5.67. The molecular formula is C21H22ClN7O. The van der Waals surface area contributed by atoms with Crippen molar-refractivity contribution in [2.75, 3.05) is 18.9 Å². The van der Waals surface area contributed by atoms with Gasteiger partial charge in [0.25, 0.3) is 5.91 Å². The molecule has 0 saturated carbocycles. The van der Waals surface area contributed by atoms with E-state index in [0.29, 0.717) is 22.8 Å². The SMILES string of the molecule is CCC(CNc1ccc2nccn2c1)N(C)C(=O)c1cc(Cl)ccc1-n1nccn1. The smallest absolute Gasteiger partial charge is 0.256 e. The van der Waals surface area contributed by atoms with Crippen LogP contribution < -0.4 is 5.32 Å². The van der Waals surface area contributed by atoms with Crippen molar-refractivity contribution in [3.05, 3.63) is 71.9 Å². The average molecular weight is 424 g/mol. The molecule has 3 aromatic heterocycles. The molecule has 154 valence electrons. The first-order valence-electron chi connectivity index (χ1n) is 9.67. The van der Waals surface area contributed by atoms with Gasteiger partial charge in [-0.05, 0) is 36.8 Å². The Morgan fingerprint density at radius 3 is 2.77 bits per heavy atom. The molecule has 0 fully saturated rings. The highest BCUT2D eigenvalue weighted by molar-refractivity contribution is 6.31. The van der Waals surface area contributed by atoms with Gasteiger partial charge in [0.05, 0.1) is 29.3 Å². The van der Waals surface area contributed by atoms with Crippen molar-refractivity contribution in [1.29, 1.82) is 0 Å². The van der Waals surface area contributed by atoms with Crippen molar-refractivity contribution in [1.82, 2.24) is 29.3 Å². The molecule has 0 aliphatic heterocycles. The van der Waals surface area contributed by atoms with Crippen molar-refractivity contribution in [3.8, 4) is 5.69 Å². The number of nitrogens with one attached hydrogen (secondary N) is 1. The summed E-state index contributed by atoms with van der Waals surface area (Å²) in [5.41, 5.74) is 2.90. The third-order valence-corrected chi connectivity index (χ3v) is 5.33. The van der Waals surface area contributed by atoms with E-state index in [1.807, 2.05) is 28.9 Å². The zero-order chi connectivity index (χ0) is 21.1. The number of halogens is 1. The van der Waals surface area contributed by atoms with Crippen LogP contribution in [-0.2, 0) is 0 Å². The van der Waals surface area contributed by atoms with Gasteiger partial charge >= 0.3 is 0 Å². The standard InChI is InChI=1S/C21H22ClN7O/c1-3-17(13-24-16-5-7-20-23-10-11-28(20)14-16)27(2)21(30)18-12-15(22)4-6-19(18)29-25-8-9-26-29/h4-12,14,17,24H,3,13H2,1-2H3. The topological polar surface area (TPSA) is 80.4 Å². The molecule has 4 rings (SSSR count). The van der Waals surface area contributed by atoms with Crippen LogP contribution in [0.15, 0.2) is 61.3 Å². The number of carbonyl (C=O) groups is 1. The van der Waals surface area contributed by atoms with Crippen LogP contribution in [0.4, 0.5) is 5.69 Å². The molecule has 0 bridgehead atoms. The Morgan fingerprint density at radius 1 is 1.20 bits per heavy atom. The molecule has 4 aromatic rings. The third-order valence-electron chi connectivity index (χ3n) is 5.09. The lowest BCUT2D eigenvalue weighted by Gasteiger charge is -2.28. The number of likely N-dealkylation sites (N-methyl/N-ethyl adjacent to an activating group) is 1. The predicted molar refractivity (Wildman–Crippen MR) is 116 cm³/mol. The number of aromatic nitrogens is 5. The van der Waals surface area contributed by atoms with Crippen LogP contribution >= 0.6 is 11.6 Å². The number of fused-ring (bicyclic) bond motifs is 1. The maximum atomic E-state index is 13.3. The average Bonchev–Trinajstić information content (AvgIpc) is 3.45. The van der Waals surface area contributed by atoms with Crippen LogP contribution in [0, 0.1) is 0 Å². The second kappa shape index (κ2) is 8.54. The lowest BCUT2D eigenvalue weighted by Crippen LogP contribution is -2.41. The van der Waals surface area contributed by atoms with Gasteiger partial charge in [0.15, 0.2) is 0 Å². The molecule has 0 aliphatic carbocycles. The summed E-state index contributed by atoms with van der Waals surface area (Å²) < 4.78 is 1.95.